The summed E-state index contributed by atoms with van der Waals surface area (Å²) in [7, 11) is 2.10. The zero-order valence-corrected chi connectivity index (χ0v) is 14.0. The summed E-state index contributed by atoms with van der Waals surface area (Å²) in [6, 6.07) is 20.2. The van der Waals surface area contributed by atoms with E-state index in [1.165, 1.54) is 5.56 Å². The van der Waals surface area contributed by atoms with Crippen LogP contribution in [0.4, 0.5) is 0 Å². The third kappa shape index (κ3) is 4.24. The summed E-state index contributed by atoms with van der Waals surface area (Å²) in [5, 5.41) is 4.04. The van der Waals surface area contributed by atoms with Gasteiger partial charge in [-0.1, -0.05) is 48.5 Å². The molecule has 3 rings (SSSR count). The number of benzene rings is 2. The normalized spacial score (nSPS) is 11.1. The zero-order valence-electron chi connectivity index (χ0n) is 14.0. The van der Waals surface area contributed by atoms with Gasteiger partial charge in [0.25, 0.3) is 5.91 Å². The molecule has 0 fully saturated rings. The molecular formula is C20H23N3O. The lowest BCUT2D eigenvalue weighted by atomic mass is 10.2. The predicted octanol–water partition coefficient (Wildman–Crippen LogP) is 3.42. The first-order valence-electron chi connectivity index (χ1n) is 8.31. The van der Waals surface area contributed by atoms with E-state index in [0.29, 0.717) is 12.2 Å². The molecule has 0 aliphatic heterocycles. The molecule has 24 heavy (non-hydrogen) atoms. The lowest BCUT2D eigenvalue weighted by Crippen LogP contribution is -2.28. The number of hydrogen-bond donors (Lipinski definition) is 2. The van der Waals surface area contributed by atoms with Crippen molar-refractivity contribution in [2.24, 2.45) is 0 Å². The van der Waals surface area contributed by atoms with Gasteiger partial charge in [0, 0.05) is 24.0 Å². The van der Waals surface area contributed by atoms with E-state index in [2.05, 4.69) is 46.5 Å². The summed E-state index contributed by atoms with van der Waals surface area (Å²) in [5.74, 6) is -0.0445. The van der Waals surface area contributed by atoms with Crippen molar-refractivity contribution in [3.8, 4) is 0 Å². The fourth-order valence-electron chi connectivity index (χ4n) is 2.82. The number of H-pyrrole nitrogens is 1. The maximum Gasteiger partial charge on any atom is 0.267 e. The van der Waals surface area contributed by atoms with E-state index in [0.717, 1.165) is 30.4 Å². The molecule has 0 aliphatic carbocycles. The van der Waals surface area contributed by atoms with Gasteiger partial charge in [-0.25, -0.2) is 0 Å². The first-order chi connectivity index (χ1) is 11.7. The van der Waals surface area contributed by atoms with Crippen molar-refractivity contribution in [3.05, 3.63) is 71.9 Å². The standard InChI is InChI=1S/C20H23N3O/c1-23(15-16-8-3-2-4-9-16)13-7-12-21-20(24)19-14-17-10-5-6-11-18(17)22-19/h2-6,8-11,14,22H,7,12-13,15H2,1H3,(H,21,24). The van der Waals surface area contributed by atoms with Gasteiger partial charge in [-0.3, -0.25) is 4.79 Å². The highest BCUT2D eigenvalue weighted by molar-refractivity contribution is 5.97. The first kappa shape index (κ1) is 16.3. The number of nitrogens with one attached hydrogen (secondary N) is 2. The first-order valence-corrected chi connectivity index (χ1v) is 8.31. The van der Waals surface area contributed by atoms with E-state index in [-0.39, 0.29) is 5.91 Å². The molecule has 124 valence electrons. The molecule has 0 bridgehead atoms. The molecule has 4 heteroatoms. The summed E-state index contributed by atoms with van der Waals surface area (Å²) < 4.78 is 0. The van der Waals surface area contributed by atoms with E-state index in [4.69, 9.17) is 0 Å². The topological polar surface area (TPSA) is 48.1 Å². The summed E-state index contributed by atoms with van der Waals surface area (Å²) in [5.41, 5.74) is 2.92. The van der Waals surface area contributed by atoms with Crippen LogP contribution in [0.25, 0.3) is 10.9 Å². The number of hydrogen-bond acceptors (Lipinski definition) is 2. The maximum absolute atomic E-state index is 12.2. The Labute approximate surface area is 142 Å². The number of carbonyl (C=O) groups is 1. The molecule has 0 saturated heterocycles. The second-order valence-corrected chi connectivity index (χ2v) is 6.10. The van der Waals surface area contributed by atoms with E-state index in [9.17, 15) is 4.79 Å². The molecule has 1 amide bonds. The molecule has 2 N–H and O–H groups in total. The van der Waals surface area contributed by atoms with Crippen LogP contribution in [-0.2, 0) is 6.54 Å². The Morgan fingerprint density at radius 3 is 2.62 bits per heavy atom. The molecule has 0 radical (unpaired) electrons. The Morgan fingerprint density at radius 1 is 1.08 bits per heavy atom. The Bertz CT molecular complexity index is 762. The van der Waals surface area contributed by atoms with Gasteiger partial charge in [-0.05, 0) is 37.7 Å². The fraction of sp³-hybridized carbons (Fsp3) is 0.250. The summed E-state index contributed by atoms with van der Waals surface area (Å²) in [4.78, 5) is 17.6. The van der Waals surface area contributed by atoms with Crippen LogP contribution in [-0.4, -0.2) is 35.9 Å². The summed E-state index contributed by atoms with van der Waals surface area (Å²) in [6.45, 7) is 2.55. The highest BCUT2D eigenvalue weighted by atomic mass is 16.1. The lowest BCUT2D eigenvalue weighted by Gasteiger charge is -2.16. The van der Waals surface area contributed by atoms with Crippen LogP contribution >= 0.6 is 0 Å². The Morgan fingerprint density at radius 2 is 1.83 bits per heavy atom. The highest BCUT2D eigenvalue weighted by Crippen LogP contribution is 2.14. The van der Waals surface area contributed by atoms with Crippen molar-refractivity contribution in [1.82, 2.24) is 15.2 Å². The van der Waals surface area contributed by atoms with E-state index < -0.39 is 0 Å². The van der Waals surface area contributed by atoms with Crippen molar-refractivity contribution in [2.75, 3.05) is 20.1 Å². The van der Waals surface area contributed by atoms with Crippen LogP contribution in [0, 0.1) is 0 Å². The van der Waals surface area contributed by atoms with Crippen molar-refractivity contribution in [2.45, 2.75) is 13.0 Å². The zero-order chi connectivity index (χ0) is 16.8. The second kappa shape index (κ2) is 7.79. The Hall–Kier alpha value is -2.59. The van der Waals surface area contributed by atoms with Gasteiger partial charge in [0.2, 0.25) is 0 Å². The van der Waals surface area contributed by atoms with Crippen molar-refractivity contribution >= 4 is 16.8 Å². The van der Waals surface area contributed by atoms with Crippen molar-refractivity contribution < 1.29 is 4.79 Å². The average Bonchev–Trinajstić information content (AvgIpc) is 3.04. The van der Waals surface area contributed by atoms with Crippen LogP contribution in [0.1, 0.15) is 22.5 Å². The van der Waals surface area contributed by atoms with Crippen LogP contribution in [0.15, 0.2) is 60.7 Å². The SMILES string of the molecule is CN(CCCNC(=O)c1cc2ccccc2[nH]1)Cc1ccccc1. The van der Waals surface area contributed by atoms with Crippen molar-refractivity contribution in [3.63, 3.8) is 0 Å². The van der Waals surface area contributed by atoms with Gasteiger partial charge >= 0.3 is 0 Å². The largest absolute Gasteiger partial charge is 0.351 e. The number of nitrogens with zero attached hydrogens (tertiary/aromatic N) is 1. The number of amides is 1. The number of rotatable bonds is 7. The van der Waals surface area contributed by atoms with Crippen LogP contribution in [0.3, 0.4) is 0 Å². The summed E-state index contributed by atoms with van der Waals surface area (Å²) in [6.07, 6.45) is 0.926. The third-order valence-electron chi connectivity index (χ3n) is 4.07. The maximum atomic E-state index is 12.2. The van der Waals surface area contributed by atoms with Gasteiger partial charge in [0.15, 0.2) is 0 Å². The minimum absolute atomic E-state index is 0.0445. The van der Waals surface area contributed by atoms with E-state index >= 15 is 0 Å². The predicted molar refractivity (Wildman–Crippen MR) is 98.0 cm³/mol. The van der Waals surface area contributed by atoms with Crippen LogP contribution in [0.5, 0.6) is 0 Å². The van der Waals surface area contributed by atoms with Crippen LogP contribution in [0.2, 0.25) is 0 Å². The molecule has 1 heterocycles. The van der Waals surface area contributed by atoms with Gasteiger partial charge in [-0.15, -0.1) is 0 Å². The minimum atomic E-state index is -0.0445. The smallest absolute Gasteiger partial charge is 0.267 e. The van der Waals surface area contributed by atoms with Gasteiger partial charge in [-0.2, -0.15) is 0 Å². The number of aromatic nitrogens is 1. The van der Waals surface area contributed by atoms with Gasteiger partial charge in [0.1, 0.15) is 5.69 Å². The van der Waals surface area contributed by atoms with Crippen molar-refractivity contribution in [1.29, 1.82) is 0 Å². The minimum Gasteiger partial charge on any atom is -0.351 e. The number of carbonyl (C=O) groups excluding carboxylic acids is 1. The molecule has 4 nitrogen and oxygen atoms in total. The third-order valence-corrected chi connectivity index (χ3v) is 4.07. The van der Waals surface area contributed by atoms with Gasteiger partial charge < -0.3 is 15.2 Å². The lowest BCUT2D eigenvalue weighted by molar-refractivity contribution is 0.0947. The number of aromatic amines is 1. The van der Waals surface area contributed by atoms with E-state index in [1.807, 2.05) is 36.4 Å². The molecule has 0 aliphatic rings. The van der Waals surface area contributed by atoms with E-state index in [1.54, 1.807) is 0 Å². The fourth-order valence-corrected chi connectivity index (χ4v) is 2.82. The molecule has 0 atom stereocenters. The van der Waals surface area contributed by atoms with Crippen LogP contribution < -0.4 is 5.32 Å². The average molecular weight is 321 g/mol. The molecule has 2 aromatic carbocycles. The Kier molecular flexibility index (Phi) is 5.29. The molecule has 1 aromatic heterocycles. The Balaban J connectivity index is 1.42. The quantitative estimate of drug-likeness (QED) is 0.655. The number of para-hydroxylation sites is 1. The number of fused-ring (bicyclic) bond motifs is 1. The molecule has 0 saturated carbocycles. The monoisotopic (exact) mass is 321 g/mol. The highest BCUT2D eigenvalue weighted by Gasteiger charge is 2.08. The van der Waals surface area contributed by atoms with Gasteiger partial charge in [0.05, 0.1) is 0 Å². The summed E-state index contributed by atoms with van der Waals surface area (Å²) >= 11 is 0. The molecular weight excluding hydrogens is 298 g/mol. The molecule has 3 aromatic rings. The second-order valence-electron chi connectivity index (χ2n) is 6.10. The molecule has 0 unspecified atom stereocenters. The molecule has 0 spiro atoms.